The van der Waals surface area contributed by atoms with Crippen LogP contribution in [0.25, 0.3) is 0 Å². The topological polar surface area (TPSA) is 97.5 Å². The van der Waals surface area contributed by atoms with Crippen molar-refractivity contribution in [2.24, 2.45) is 5.73 Å². The third kappa shape index (κ3) is 6.15. The lowest BCUT2D eigenvalue weighted by Crippen LogP contribution is -2.06. The highest BCUT2D eigenvalue weighted by molar-refractivity contribution is 7.85. The molecule has 0 saturated heterocycles. The van der Waals surface area contributed by atoms with Crippen LogP contribution in [0.15, 0.2) is 29.2 Å². The smallest absolute Gasteiger partial charge is 0.294 e. The molecule has 0 aliphatic rings. The maximum Gasteiger partial charge on any atom is 0.294 e. The predicted octanol–water partition coefficient (Wildman–Crippen LogP) is 1.12. The van der Waals surface area contributed by atoms with Gasteiger partial charge in [0.15, 0.2) is 0 Å². The molecule has 0 spiro atoms. The van der Waals surface area contributed by atoms with E-state index in [1.165, 1.54) is 12.1 Å². The van der Waals surface area contributed by atoms with E-state index in [9.17, 15) is 13.2 Å². The molecule has 1 aromatic rings. The Labute approximate surface area is 95.0 Å². The van der Waals surface area contributed by atoms with E-state index < -0.39 is 10.1 Å². The summed E-state index contributed by atoms with van der Waals surface area (Å²) in [6.45, 7) is 3.57. The Morgan fingerprint density at radius 2 is 1.69 bits per heavy atom. The maximum atomic E-state index is 10.5. The minimum atomic E-state index is -4.02. The fourth-order valence-electron chi connectivity index (χ4n) is 0.710. The number of carbonyl (C=O) groups is 1. The second kappa shape index (κ2) is 6.24. The van der Waals surface area contributed by atoms with Crippen molar-refractivity contribution in [2.45, 2.75) is 25.2 Å². The van der Waals surface area contributed by atoms with Crippen molar-refractivity contribution in [1.82, 2.24) is 0 Å². The molecule has 6 heteroatoms. The number of amides is 1. The van der Waals surface area contributed by atoms with E-state index in [0.29, 0.717) is 6.42 Å². The molecular weight excluding hydrogens is 230 g/mol. The summed E-state index contributed by atoms with van der Waals surface area (Å²) in [7, 11) is -4.02. The molecule has 1 rings (SSSR count). The number of nitrogens with two attached hydrogens (primary N) is 1. The summed E-state index contributed by atoms with van der Waals surface area (Å²) in [5.41, 5.74) is 5.61. The summed E-state index contributed by atoms with van der Waals surface area (Å²) in [5.74, 6) is -0.245. The quantitative estimate of drug-likeness (QED) is 0.763. The Morgan fingerprint density at radius 3 is 1.94 bits per heavy atom. The number of benzene rings is 1. The van der Waals surface area contributed by atoms with Crippen LogP contribution in [0, 0.1) is 6.92 Å². The fourth-order valence-corrected chi connectivity index (χ4v) is 1.19. The Hall–Kier alpha value is -1.40. The Bertz CT molecular complexity index is 436. The zero-order chi connectivity index (χ0) is 12.8. The molecule has 0 aliphatic heterocycles. The van der Waals surface area contributed by atoms with Crippen LogP contribution >= 0.6 is 0 Å². The van der Waals surface area contributed by atoms with E-state index in [1.54, 1.807) is 19.1 Å². The second-order valence-electron chi connectivity index (χ2n) is 3.11. The first-order chi connectivity index (χ1) is 7.27. The lowest BCUT2D eigenvalue weighted by molar-refractivity contribution is -0.117. The van der Waals surface area contributed by atoms with Gasteiger partial charge in [-0.1, -0.05) is 24.6 Å². The number of aryl methyl sites for hydroxylation is 1. The van der Waals surface area contributed by atoms with Gasteiger partial charge in [0.05, 0.1) is 4.90 Å². The van der Waals surface area contributed by atoms with Gasteiger partial charge in [-0.05, 0) is 19.1 Å². The molecule has 0 heterocycles. The van der Waals surface area contributed by atoms with Crippen molar-refractivity contribution in [3.05, 3.63) is 29.8 Å². The normalized spacial score (nSPS) is 10.2. The zero-order valence-corrected chi connectivity index (χ0v) is 9.99. The van der Waals surface area contributed by atoms with Gasteiger partial charge in [-0.2, -0.15) is 8.42 Å². The molecule has 5 nitrogen and oxygen atoms in total. The van der Waals surface area contributed by atoms with Gasteiger partial charge in [0.25, 0.3) is 10.1 Å². The van der Waals surface area contributed by atoms with Crippen molar-refractivity contribution in [1.29, 1.82) is 0 Å². The average Bonchev–Trinajstić information content (AvgIpc) is 2.18. The molecular formula is C10H15NO4S. The summed E-state index contributed by atoms with van der Waals surface area (Å²) in [5, 5.41) is 0. The molecule has 0 unspecified atom stereocenters. The van der Waals surface area contributed by atoms with Crippen LogP contribution in [0.2, 0.25) is 0 Å². The third-order valence-electron chi connectivity index (χ3n) is 1.67. The van der Waals surface area contributed by atoms with Crippen LogP contribution < -0.4 is 5.73 Å². The summed E-state index contributed by atoms with van der Waals surface area (Å²) >= 11 is 0. The number of primary amides is 1. The van der Waals surface area contributed by atoms with E-state index in [4.69, 9.17) is 4.55 Å². The molecule has 0 atom stereocenters. The Kier molecular flexibility index (Phi) is 5.69. The maximum absolute atomic E-state index is 10.5. The molecule has 90 valence electrons. The largest absolute Gasteiger partial charge is 0.370 e. The summed E-state index contributed by atoms with van der Waals surface area (Å²) < 4.78 is 29.6. The lowest BCUT2D eigenvalue weighted by atomic mass is 10.2. The molecule has 0 fully saturated rings. The van der Waals surface area contributed by atoms with Gasteiger partial charge in [-0.25, -0.2) is 0 Å². The molecule has 0 saturated carbocycles. The van der Waals surface area contributed by atoms with E-state index in [1.807, 2.05) is 6.92 Å². The van der Waals surface area contributed by atoms with Crippen molar-refractivity contribution in [3.8, 4) is 0 Å². The van der Waals surface area contributed by atoms with Crippen LogP contribution in [-0.2, 0) is 14.9 Å². The minimum absolute atomic E-state index is 0.0666. The molecule has 0 aromatic heterocycles. The third-order valence-corrected chi connectivity index (χ3v) is 2.54. The first kappa shape index (κ1) is 14.6. The van der Waals surface area contributed by atoms with Gasteiger partial charge in [0, 0.05) is 6.42 Å². The van der Waals surface area contributed by atoms with Gasteiger partial charge in [-0.15, -0.1) is 0 Å². The van der Waals surface area contributed by atoms with Gasteiger partial charge in [0.1, 0.15) is 0 Å². The van der Waals surface area contributed by atoms with Crippen LogP contribution in [0.5, 0.6) is 0 Å². The van der Waals surface area contributed by atoms with Crippen LogP contribution in [0.4, 0.5) is 0 Å². The molecule has 1 amide bonds. The molecule has 0 aliphatic carbocycles. The van der Waals surface area contributed by atoms with Crippen molar-refractivity contribution >= 4 is 16.0 Å². The average molecular weight is 245 g/mol. The second-order valence-corrected chi connectivity index (χ2v) is 4.53. The monoisotopic (exact) mass is 245 g/mol. The molecule has 16 heavy (non-hydrogen) atoms. The van der Waals surface area contributed by atoms with Crippen molar-refractivity contribution in [3.63, 3.8) is 0 Å². The highest BCUT2D eigenvalue weighted by atomic mass is 32.2. The summed E-state index contributed by atoms with van der Waals surface area (Å²) in [6, 6.07) is 5.99. The number of hydrogen-bond acceptors (Lipinski definition) is 3. The molecule has 0 radical (unpaired) electrons. The fraction of sp³-hybridized carbons (Fsp3) is 0.300. The molecule has 0 bridgehead atoms. The molecule has 3 N–H and O–H groups in total. The number of carbonyl (C=O) groups excluding carboxylic acids is 1. The van der Waals surface area contributed by atoms with Gasteiger partial charge in [-0.3, -0.25) is 9.35 Å². The lowest BCUT2D eigenvalue weighted by Gasteiger charge is -1.95. The van der Waals surface area contributed by atoms with Crippen molar-refractivity contribution < 1.29 is 17.8 Å². The van der Waals surface area contributed by atoms with Gasteiger partial charge >= 0.3 is 0 Å². The van der Waals surface area contributed by atoms with E-state index in [-0.39, 0.29) is 10.8 Å². The van der Waals surface area contributed by atoms with Crippen LogP contribution in [0.1, 0.15) is 18.9 Å². The first-order valence-electron chi connectivity index (χ1n) is 4.59. The number of hydrogen-bond donors (Lipinski definition) is 2. The standard InChI is InChI=1S/C7H8O3S.C3H7NO/c1-6-2-4-7(5-3-6)11(8,9)10;1-2-3(4)5/h2-5H,1H3,(H,8,9,10);2H2,1H3,(H2,4,5). The van der Waals surface area contributed by atoms with Gasteiger partial charge in [0.2, 0.25) is 5.91 Å². The predicted molar refractivity (Wildman–Crippen MR) is 60.5 cm³/mol. The van der Waals surface area contributed by atoms with Crippen LogP contribution in [-0.4, -0.2) is 18.9 Å². The summed E-state index contributed by atoms with van der Waals surface area (Å²) in [6.07, 6.45) is 0.444. The Morgan fingerprint density at radius 1 is 1.31 bits per heavy atom. The zero-order valence-electron chi connectivity index (χ0n) is 9.17. The minimum Gasteiger partial charge on any atom is -0.370 e. The molecule has 1 aromatic carbocycles. The van der Waals surface area contributed by atoms with Gasteiger partial charge < -0.3 is 5.73 Å². The van der Waals surface area contributed by atoms with E-state index in [0.717, 1.165) is 5.56 Å². The van der Waals surface area contributed by atoms with Crippen LogP contribution in [0.3, 0.4) is 0 Å². The Balaban J connectivity index is 0.000000385. The number of rotatable bonds is 2. The SMILES string of the molecule is CCC(N)=O.Cc1ccc(S(=O)(=O)O)cc1. The highest BCUT2D eigenvalue weighted by Crippen LogP contribution is 2.08. The first-order valence-corrected chi connectivity index (χ1v) is 6.03. The van der Waals surface area contributed by atoms with E-state index in [2.05, 4.69) is 5.73 Å². The van der Waals surface area contributed by atoms with E-state index >= 15 is 0 Å². The van der Waals surface area contributed by atoms with Crippen molar-refractivity contribution in [2.75, 3.05) is 0 Å². The highest BCUT2D eigenvalue weighted by Gasteiger charge is 2.06. The summed E-state index contributed by atoms with van der Waals surface area (Å²) in [4.78, 5) is 9.52.